The standard InChI is InChI=1S/C38H53N5O5/c1-7-8-9-10-31-23-34-35(39-36(44)42(34)26-30-19-21-40(22-20-30)37(45)48-38(2,3)4)43(27-31)41(24-28-11-15-32(46-5)16-12-28)25-29-13-17-33(47-6)18-14-29/h11-18,23,27,30,36,44H,7-10,19-22,24-26H2,1-6H3. The molecule has 1 unspecified atom stereocenters. The summed E-state index contributed by atoms with van der Waals surface area (Å²) < 4.78 is 16.4. The number of amidine groups is 1. The molecule has 0 saturated carbocycles. The smallest absolute Gasteiger partial charge is 0.410 e. The number of nitrogens with zero attached hydrogens (tertiary/aromatic N) is 5. The Bertz CT molecular complexity index is 1410. The van der Waals surface area contributed by atoms with E-state index in [1.807, 2.05) is 49.9 Å². The van der Waals surface area contributed by atoms with Gasteiger partial charge in [0.15, 0.2) is 5.84 Å². The van der Waals surface area contributed by atoms with Gasteiger partial charge in [-0.1, -0.05) is 44.0 Å². The predicted octanol–water partition coefficient (Wildman–Crippen LogP) is 6.92. The molecule has 260 valence electrons. The largest absolute Gasteiger partial charge is 0.497 e. The van der Waals surface area contributed by atoms with Crippen molar-refractivity contribution in [3.05, 3.63) is 83.2 Å². The Balaban J connectivity index is 1.39. The number of hydrogen-bond donors (Lipinski definition) is 1. The summed E-state index contributed by atoms with van der Waals surface area (Å²) in [4.78, 5) is 21.4. The summed E-state index contributed by atoms with van der Waals surface area (Å²) in [5.41, 5.74) is 3.91. The van der Waals surface area contributed by atoms with Crippen LogP contribution in [0.15, 0.2) is 77.1 Å². The average molecular weight is 660 g/mol. The molecule has 1 atom stereocenters. The van der Waals surface area contributed by atoms with Crippen LogP contribution >= 0.6 is 0 Å². The molecule has 0 bridgehead atoms. The molecule has 0 aliphatic carbocycles. The Morgan fingerprint density at radius 3 is 2.04 bits per heavy atom. The first kappa shape index (κ1) is 35.3. The number of methoxy groups -OCH3 is 2. The van der Waals surface area contributed by atoms with E-state index in [9.17, 15) is 9.90 Å². The van der Waals surface area contributed by atoms with Gasteiger partial charge in [-0.2, -0.15) is 0 Å². The second-order valence-corrected chi connectivity index (χ2v) is 13.9. The van der Waals surface area contributed by atoms with Crippen LogP contribution in [0.1, 0.15) is 77.3 Å². The van der Waals surface area contributed by atoms with Crippen molar-refractivity contribution >= 4 is 11.9 Å². The molecule has 48 heavy (non-hydrogen) atoms. The SMILES string of the molecule is CCCCCC1=CN(N(Cc2ccc(OC)cc2)Cc2ccc(OC)cc2)C2=NC(O)N(CC3CCN(C(=O)OC(C)(C)C)CC3)C2=C1. The topological polar surface area (TPSA) is 90.3 Å². The van der Waals surface area contributed by atoms with Crippen LogP contribution < -0.4 is 9.47 Å². The van der Waals surface area contributed by atoms with E-state index in [0.717, 1.165) is 72.7 Å². The fourth-order valence-corrected chi connectivity index (χ4v) is 6.37. The zero-order valence-corrected chi connectivity index (χ0v) is 29.5. The van der Waals surface area contributed by atoms with Crippen molar-refractivity contribution < 1.29 is 24.1 Å². The summed E-state index contributed by atoms with van der Waals surface area (Å²) in [5.74, 6) is 2.69. The van der Waals surface area contributed by atoms with Crippen molar-refractivity contribution in [2.45, 2.75) is 91.3 Å². The highest BCUT2D eigenvalue weighted by atomic mass is 16.6. The summed E-state index contributed by atoms with van der Waals surface area (Å²) in [6.45, 7) is 11.1. The molecule has 2 aromatic carbocycles. The number of benzene rings is 2. The molecule has 2 aromatic rings. The number of piperidine rings is 1. The summed E-state index contributed by atoms with van der Waals surface area (Å²) >= 11 is 0. The minimum Gasteiger partial charge on any atom is -0.497 e. The lowest BCUT2D eigenvalue weighted by atomic mass is 9.96. The van der Waals surface area contributed by atoms with Gasteiger partial charge in [0.25, 0.3) is 0 Å². The monoisotopic (exact) mass is 659 g/mol. The first-order chi connectivity index (χ1) is 23.1. The van der Waals surface area contributed by atoms with Crippen LogP contribution in [0.4, 0.5) is 4.79 Å². The number of ether oxygens (including phenoxy) is 3. The molecule has 0 spiro atoms. The van der Waals surface area contributed by atoms with E-state index < -0.39 is 12.0 Å². The number of likely N-dealkylation sites (tertiary alicyclic amines) is 1. The number of hydrazine groups is 1. The second-order valence-electron chi connectivity index (χ2n) is 13.9. The lowest BCUT2D eigenvalue weighted by Gasteiger charge is -2.39. The number of carbonyl (C=O) groups is 1. The Labute approximate surface area is 286 Å². The third-order valence-electron chi connectivity index (χ3n) is 9.03. The molecule has 1 fully saturated rings. The number of aliphatic hydroxyl groups excluding tert-OH is 1. The molecule has 0 radical (unpaired) electrons. The molecule has 1 amide bonds. The molecule has 0 aromatic heterocycles. The van der Waals surface area contributed by atoms with Crippen LogP contribution in [0.5, 0.6) is 11.5 Å². The Morgan fingerprint density at radius 2 is 1.52 bits per heavy atom. The van der Waals surface area contributed by atoms with Gasteiger partial charge in [0.2, 0.25) is 6.35 Å². The summed E-state index contributed by atoms with van der Waals surface area (Å²) in [5, 5.41) is 15.9. The molecule has 10 heteroatoms. The van der Waals surface area contributed by atoms with Crippen molar-refractivity contribution in [2.24, 2.45) is 10.9 Å². The Hall–Kier alpha value is -4.02. The van der Waals surface area contributed by atoms with E-state index in [2.05, 4.69) is 53.5 Å². The van der Waals surface area contributed by atoms with Crippen molar-refractivity contribution in [2.75, 3.05) is 33.9 Å². The minimum absolute atomic E-state index is 0.255. The number of rotatable bonds is 13. The number of carbonyl (C=O) groups excluding carboxylic acids is 1. The lowest BCUT2D eigenvalue weighted by molar-refractivity contribution is 0.00980. The highest BCUT2D eigenvalue weighted by Crippen LogP contribution is 2.34. The van der Waals surface area contributed by atoms with Gasteiger partial charge in [-0.3, -0.25) is 5.01 Å². The number of amides is 1. The number of fused-ring (bicyclic) bond motifs is 1. The number of aliphatic imine (C=N–C) groups is 1. The van der Waals surface area contributed by atoms with Gasteiger partial charge in [-0.15, -0.1) is 0 Å². The molecular formula is C38H53N5O5. The average Bonchev–Trinajstić information content (AvgIpc) is 3.38. The van der Waals surface area contributed by atoms with Crippen LogP contribution in [0.2, 0.25) is 0 Å². The summed E-state index contributed by atoms with van der Waals surface area (Å²) in [6.07, 6.45) is 9.20. The third kappa shape index (κ3) is 9.11. The van der Waals surface area contributed by atoms with Crippen molar-refractivity contribution in [1.29, 1.82) is 0 Å². The lowest BCUT2D eigenvalue weighted by Crippen LogP contribution is -2.46. The molecule has 3 aliphatic heterocycles. The highest BCUT2D eigenvalue weighted by molar-refractivity contribution is 6.01. The Kier molecular flexibility index (Phi) is 11.7. The number of allylic oxidation sites excluding steroid dienone is 2. The van der Waals surface area contributed by atoms with Gasteiger partial charge in [0.05, 0.1) is 19.9 Å². The van der Waals surface area contributed by atoms with E-state index in [-0.39, 0.29) is 6.09 Å². The van der Waals surface area contributed by atoms with Crippen LogP contribution in [0.25, 0.3) is 0 Å². The van der Waals surface area contributed by atoms with E-state index in [1.54, 1.807) is 19.1 Å². The zero-order chi connectivity index (χ0) is 34.3. The van der Waals surface area contributed by atoms with Gasteiger partial charge in [-0.25, -0.2) is 14.8 Å². The van der Waals surface area contributed by atoms with Crippen LogP contribution in [0, 0.1) is 5.92 Å². The molecule has 5 rings (SSSR count). The highest BCUT2D eigenvalue weighted by Gasteiger charge is 2.38. The van der Waals surface area contributed by atoms with Gasteiger partial charge in [-0.05, 0) is 99.4 Å². The maximum absolute atomic E-state index is 12.7. The molecule has 3 heterocycles. The van der Waals surface area contributed by atoms with Crippen LogP contribution in [-0.2, 0) is 17.8 Å². The van der Waals surface area contributed by atoms with E-state index in [0.29, 0.717) is 38.6 Å². The van der Waals surface area contributed by atoms with Crippen molar-refractivity contribution in [3.63, 3.8) is 0 Å². The molecular weight excluding hydrogens is 606 g/mol. The molecule has 10 nitrogen and oxygen atoms in total. The molecule has 1 saturated heterocycles. The number of aliphatic hydroxyl groups is 1. The van der Waals surface area contributed by atoms with Crippen LogP contribution in [-0.4, -0.2) is 82.7 Å². The summed E-state index contributed by atoms with van der Waals surface area (Å²) in [7, 11) is 3.36. The predicted molar refractivity (Wildman–Crippen MR) is 188 cm³/mol. The van der Waals surface area contributed by atoms with Gasteiger partial charge in [0, 0.05) is 38.9 Å². The maximum atomic E-state index is 12.7. The molecule has 1 N–H and O–H groups in total. The van der Waals surface area contributed by atoms with Gasteiger partial charge < -0.3 is 29.1 Å². The van der Waals surface area contributed by atoms with E-state index in [4.69, 9.17) is 19.2 Å². The maximum Gasteiger partial charge on any atom is 0.410 e. The second kappa shape index (κ2) is 15.9. The first-order valence-corrected chi connectivity index (χ1v) is 17.3. The number of unbranched alkanes of at least 4 members (excludes halogenated alkanes) is 2. The van der Waals surface area contributed by atoms with E-state index >= 15 is 0 Å². The number of hydrogen-bond acceptors (Lipinski definition) is 9. The van der Waals surface area contributed by atoms with Crippen molar-refractivity contribution in [3.8, 4) is 11.5 Å². The third-order valence-corrected chi connectivity index (χ3v) is 9.03. The fraction of sp³-hybridized carbons (Fsp3) is 0.526. The Morgan fingerprint density at radius 1 is 0.938 bits per heavy atom. The minimum atomic E-state index is -0.982. The molecule has 3 aliphatic rings. The summed E-state index contributed by atoms with van der Waals surface area (Å²) in [6, 6.07) is 16.3. The fourth-order valence-electron chi connectivity index (χ4n) is 6.37. The van der Waals surface area contributed by atoms with Crippen molar-refractivity contribution in [1.82, 2.24) is 19.8 Å². The zero-order valence-electron chi connectivity index (χ0n) is 29.5. The van der Waals surface area contributed by atoms with E-state index in [1.165, 1.54) is 5.57 Å². The van der Waals surface area contributed by atoms with Gasteiger partial charge in [0.1, 0.15) is 17.1 Å². The normalized spacial score (nSPS) is 18.4. The quantitative estimate of drug-likeness (QED) is 0.232. The first-order valence-electron chi connectivity index (χ1n) is 17.3. The van der Waals surface area contributed by atoms with Gasteiger partial charge >= 0.3 is 6.09 Å². The van der Waals surface area contributed by atoms with Crippen LogP contribution in [0.3, 0.4) is 0 Å².